The summed E-state index contributed by atoms with van der Waals surface area (Å²) in [6, 6.07) is 7.65. The van der Waals surface area contributed by atoms with Crippen LogP contribution in [0.1, 0.15) is 95.7 Å². The Morgan fingerprint density at radius 3 is 2.46 bits per heavy atom. The van der Waals surface area contributed by atoms with Gasteiger partial charge in [0.05, 0.1) is 24.0 Å². The first-order valence-corrected chi connectivity index (χ1v) is 13.5. The van der Waals surface area contributed by atoms with Crippen molar-refractivity contribution in [2.45, 2.75) is 79.7 Å². The van der Waals surface area contributed by atoms with E-state index >= 15 is 0 Å². The molecule has 1 saturated carbocycles. The summed E-state index contributed by atoms with van der Waals surface area (Å²) >= 11 is 0. The third-order valence-corrected chi connectivity index (χ3v) is 8.23. The predicted octanol–water partition coefficient (Wildman–Crippen LogP) is 4.78. The Morgan fingerprint density at radius 1 is 1.22 bits per heavy atom. The Hall–Kier alpha value is -3.02. The van der Waals surface area contributed by atoms with Gasteiger partial charge in [0.15, 0.2) is 5.43 Å². The summed E-state index contributed by atoms with van der Waals surface area (Å²) in [5.74, 6) is -0.325. The van der Waals surface area contributed by atoms with Crippen molar-refractivity contribution >= 4 is 17.2 Å². The number of rotatable bonds is 6. The van der Waals surface area contributed by atoms with E-state index in [4.69, 9.17) is 4.74 Å². The minimum Gasteiger partial charge on any atom is -0.492 e. The lowest BCUT2D eigenvalue weighted by atomic mass is 9.67. The summed E-state index contributed by atoms with van der Waals surface area (Å²) in [7, 11) is 2.06. The lowest BCUT2D eigenvalue weighted by Crippen LogP contribution is -2.46. The van der Waals surface area contributed by atoms with Crippen molar-refractivity contribution in [3.05, 3.63) is 62.4 Å². The second-order valence-corrected chi connectivity index (χ2v) is 12.3. The number of hydrogen-bond donors (Lipinski definition) is 1. The number of likely N-dealkylation sites (N-methyl/N-ethyl adjacent to an activating group) is 1. The van der Waals surface area contributed by atoms with Crippen molar-refractivity contribution < 1.29 is 14.6 Å². The standard InChI is InChI=1S/C31H42N2O4/c1-8-13-31(14-10-15-31)19-37-25-12-9-11-21(27(25)20(2)3)28-23-16-24(34)22(29(35)36)17-33(23)26(18-32(28)7)30(4,5)6/h9,11-12,16-17,26H,8,10,13-15,18-19H2,1-7H3,(H,35,36)/b28-21-. The number of hydrogen-bond acceptors (Lipinski definition) is 4. The van der Waals surface area contributed by atoms with Gasteiger partial charge in [0, 0.05) is 41.7 Å². The van der Waals surface area contributed by atoms with Gasteiger partial charge in [-0.05, 0) is 44.6 Å². The van der Waals surface area contributed by atoms with E-state index in [1.807, 2.05) is 16.7 Å². The minimum atomic E-state index is -1.20. The summed E-state index contributed by atoms with van der Waals surface area (Å²) < 4.78 is 8.57. The number of fused-ring (bicyclic) bond motifs is 1. The third kappa shape index (κ3) is 5.07. The average molecular weight is 507 g/mol. The van der Waals surface area contributed by atoms with Gasteiger partial charge < -0.3 is 19.3 Å². The molecule has 4 rings (SSSR count). The Morgan fingerprint density at radius 2 is 1.92 bits per heavy atom. The van der Waals surface area contributed by atoms with Crippen LogP contribution in [0, 0.1) is 10.8 Å². The average Bonchev–Trinajstić information content (AvgIpc) is 2.78. The Balaban J connectivity index is 1.97. The zero-order valence-electron chi connectivity index (χ0n) is 23.5. The van der Waals surface area contributed by atoms with Gasteiger partial charge in [0.1, 0.15) is 11.3 Å². The van der Waals surface area contributed by atoms with Crippen LogP contribution in [-0.2, 0) is 0 Å². The maximum atomic E-state index is 12.9. The number of pyridine rings is 1. The van der Waals surface area contributed by atoms with E-state index in [1.165, 1.54) is 37.9 Å². The van der Waals surface area contributed by atoms with Crippen LogP contribution >= 0.6 is 0 Å². The molecule has 1 fully saturated rings. The SMILES string of the molecule is CCCC1(COc2ccc/c(=C3\c4cc(=O)c(C(=O)O)cn4C(C(C)(C)C)CN3C)c2=C(C)C)CCC1. The normalized spacial score (nSPS) is 20.2. The number of aromatic carboxylic acids is 1. The zero-order chi connectivity index (χ0) is 27.1. The largest absolute Gasteiger partial charge is 0.492 e. The van der Waals surface area contributed by atoms with Gasteiger partial charge in [-0.2, -0.15) is 0 Å². The fourth-order valence-corrected chi connectivity index (χ4v) is 6.10. The summed E-state index contributed by atoms with van der Waals surface area (Å²) in [6.07, 6.45) is 7.61. The molecule has 0 spiro atoms. The van der Waals surface area contributed by atoms with E-state index in [9.17, 15) is 14.7 Å². The predicted molar refractivity (Wildman–Crippen MR) is 148 cm³/mol. The quantitative estimate of drug-likeness (QED) is 0.611. The molecular formula is C31H42N2O4. The van der Waals surface area contributed by atoms with Gasteiger partial charge >= 0.3 is 5.97 Å². The maximum absolute atomic E-state index is 12.9. The van der Waals surface area contributed by atoms with Crippen molar-refractivity contribution in [1.29, 1.82) is 0 Å². The maximum Gasteiger partial charge on any atom is 0.341 e. The molecule has 1 N–H and O–H groups in total. The molecule has 200 valence electrons. The molecule has 1 aliphatic carbocycles. The monoisotopic (exact) mass is 506 g/mol. The van der Waals surface area contributed by atoms with Crippen LogP contribution in [0.15, 0.2) is 35.3 Å². The molecule has 0 radical (unpaired) electrons. The van der Waals surface area contributed by atoms with Gasteiger partial charge in [-0.25, -0.2) is 4.79 Å². The van der Waals surface area contributed by atoms with Crippen molar-refractivity contribution in [2.24, 2.45) is 10.8 Å². The molecule has 2 aromatic rings. The zero-order valence-corrected chi connectivity index (χ0v) is 23.5. The molecule has 1 aliphatic heterocycles. The van der Waals surface area contributed by atoms with E-state index < -0.39 is 11.4 Å². The first-order chi connectivity index (χ1) is 17.4. The number of ether oxygens (including phenoxy) is 1. The summed E-state index contributed by atoms with van der Waals surface area (Å²) in [5.41, 5.74) is 2.27. The van der Waals surface area contributed by atoms with Crippen LogP contribution in [0.5, 0.6) is 5.75 Å². The highest BCUT2D eigenvalue weighted by atomic mass is 16.5. The number of carbonyl (C=O) groups is 1. The van der Waals surface area contributed by atoms with Crippen molar-refractivity contribution in [1.82, 2.24) is 9.47 Å². The Bertz CT molecular complexity index is 1370. The molecule has 0 saturated heterocycles. The van der Waals surface area contributed by atoms with Gasteiger partial charge in [0.2, 0.25) is 0 Å². The minimum absolute atomic E-state index is 0.00273. The summed E-state index contributed by atoms with van der Waals surface area (Å²) in [5, 5.41) is 11.7. The molecule has 2 aliphatic rings. The van der Waals surface area contributed by atoms with Crippen molar-refractivity contribution in [2.75, 3.05) is 20.2 Å². The fourth-order valence-electron chi connectivity index (χ4n) is 6.10. The van der Waals surface area contributed by atoms with Crippen LogP contribution in [0.25, 0.3) is 11.3 Å². The Kier molecular flexibility index (Phi) is 7.33. The van der Waals surface area contributed by atoms with E-state index in [0.29, 0.717) is 6.54 Å². The van der Waals surface area contributed by atoms with E-state index in [0.717, 1.165) is 46.2 Å². The van der Waals surface area contributed by atoms with E-state index in [1.54, 1.807) is 0 Å². The molecule has 6 nitrogen and oxygen atoms in total. The van der Waals surface area contributed by atoms with Crippen LogP contribution in [0.2, 0.25) is 0 Å². The number of nitrogens with zero attached hydrogens (tertiary/aromatic N) is 2. The molecular weight excluding hydrogens is 464 g/mol. The number of carboxylic acids is 1. The molecule has 0 bridgehead atoms. The first-order valence-electron chi connectivity index (χ1n) is 13.5. The highest BCUT2D eigenvalue weighted by molar-refractivity contribution is 5.87. The number of carboxylic acid groups (broad SMARTS) is 1. The lowest BCUT2D eigenvalue weighted by molar-refractivity contribution is 0.0474. The van der Waals surface area contributed by atoms with Gasteiger partial charge in [-0.3, -0.25) is 4.79 Å². The highest BCUT2D eigenvalue weighted by Gasteiger charge is 2.37. The second kappa shape index (κ2) is 10.0. The molecule has 1 atom stereocenters. The van der Waals surface area contributed by atoms with Gasteiger partial charge in [-0.1, -0.05) is 58.2 Å². The molecule has 1 aromatic carbocycles. The molecule has 6 heteroatoms. The van der Waals surface area contributed by atoms with Gasteiger partial charge in [-0.15, -0.1) is 0 Å². The molecule has 37 heavy (non-hydrogen) atoms. The van der Waals surface area contributed by atoms with E-state index in [-0.39, 0.29) is 22.4 Å². The van der Waals surface area contributed by atoms with Crippen molar-refractivity contribution in [3.8, 4) is 5.75 Å². The van der Waals surface area contributed by atoms with E-state index in [2.05, 4.69) is 59.6 Å². The fraction of sp³-hybridized carbons (Fsp3) is 0.548. The molecule has 2 heterocycles. The second-order valence-electron chi connectivity index (χ2n) is 12.3. The third-order valence-electron chi connectivity index (χ3n) is 8.23. The summed E-state index contributed by atoms with van der Waals surface area (Å²) in [4.78, 5) is 27.0. The Labute approximate surface area is 220 Å². The topological polar surface area (TPSA) is 71.8 Å². The smallest absolute Gasteiger partial charge is 0.341 e. The first kappa shape index (κ1) is 27.0. The molecule has 1 unspecified atom stereocenters. The molecule has 0 amide bonds. The van der Waals surface area contributed by atoms with Crippen LogP contribution in [0.4, 0.5) is 0 Å². The highest BCUT2D eigenvalue weighted by Crippen LogP contribution is 2.45. The van der Waals surface area contributed by atoms with Crippen LogP contribution in [-0.4, -0.2) is 40.7 Å². The number of aromatic nitrogens is 1. The van der Waals surface area contributed by atoms with Crippen molar-refractivity contribution in [3.63, 3.8) is 0 Å². The van der Waals surface area contributed by atoms with Crippen LogP contribution < -0.4 is 20.6 Å². The summed E-state index contributed by atoms with van der Waals surface area (Å²) in [6.45, 7) is 14.3. The van der Waals surface area contributed by atoms with Crippen LogP contribution in [0.3, 0.4) is 0 Å². The lowest BCUT2D eigenvalue weighted by Gasteiger charge is -2.43. The van der Waals surface area contributed by atoms with Gasteiger partial charge in [0.25, 0.3) is 0 Å². The molecule has 1 aromatic heterocycles. The number of benzene rings is 1.